The molecule has 1 N–H and O–H groups in total. The molecular weight excluding hydrogens is 296 g/mol. The summed E-state index contributed by atoms with van der Waals surface area (Å²) in [6.07, 6.45) is 5.65. The van der Waals surface area contributed by atoms with Crippen LogP contribution in [0.1, 0.15) is 29.5 Å². The van der Waals surface area contributed by atoms with Crippen molar-refractivity contribution in [1.29, 1.82) is 0 Å². The number of anilines is 1. The van der Waals surface area contributed by atoms with Crippen molar-refractivity contribution in [1.82, 2.24) is 4.98 Å². The number of oxazole rings is 1. The molecule has 1 saturated carbocycles. The molecule has 1 aromatic carbocycles. The SMILES string of the molecule is O=C(/C=C/c1cccs1)Nc1ccc2oc(C3CC3)nc2c1. The molecule has 4 rings (SSSR count). The van der Waals surface area contributed by atoms with Crippen molar-refractivity contribution >= 4 is 40.1 Å². The highest BCUT2D eigenvalue weighted by Gasteiger charge is 2.28. The number of benzene rings is 1. The molecule has 1 amide bonds. The molecule has 0 aliphatic heterocycles. The topological polar surface area (TPSA) is 55.1 Å². The van der Waals surface area contributed by atoms with E-state index in [9.17, 15) is 4.79 Å². The Morgan fingerprint density at radius 3 is 3.05 bits per heavy atom. The molecule has 1 fully saturated rings. The van der Waals surface area contributed by atoms with Crippen LogP contribution in [-0.4, -0.2) is 10.9 Å². The monoisotopic (exact) mass is 310 g/mol. The maximum atomic E-state index is 11.9. The van der Waals surface area contributed by atoms with Crippen LogP contribution < -0.4 is 5.32 Å². The zero-order valence-corrected chi connectivity index (χ0v) is 12.6. The van der Waals surface area contributed by atoms with Crippen LogP contribution >= 0.6 is 11.3 Å². The summed E-state index contributed by atoms with van der Waals surface area (Å²) in [7, 11) is 0. The summed E-state index contributed by atoms with van der Waals surface area (Å²) in [6.45, 7) is 0. The first-order chi connectivity index (χ1) is 10.8. The van der Waals surface area contributed by atoms with Gasteiger partial charge in [-0.2, -0.15) is 0 Å². The lowest BCUT2D eigenvalue weighted by Crippen LogP contribution is -2.07. The van der Waals surface area contributed by atoms with Gasteiger partial charge in [0.05, 0.1) is 0 Å². The summed E-state index contributed by atoms with van der Waals surface area (Å²) < 4.78 is 5.71. The van der Waals surface area contributed by atoms with Crippen molar-refractivity contribution in [2.45, 2.75) is 18.8 Å². The molecule has 4 nitrogen and oxygen atoms in total. The summed E-state index contributed by atoms with van der Waals surface area (Å²) in [4.78, 5) is 17.5. The first-order valence-corrected chi connectivity index (χ1v) is 8.09. The second-order valence-corrected chi connectivity index (χ2v) is 6.33. The van der Waals surface area contributed by atoms with E-state index in [0.29, 0.717) is 5.92 Å². The number of carbonyl (C=O) groups excluding carboxylic acids is 1. The largest absolute Gasteiger partial charge is 0.440 e. The summed E-state index contributed by atoms with van der Waals surface area (Å²) in [6, 6.07) is 9.46. The molecule has 0 saturated heterocycles. The third-order valence-electron chi connectivity index (χ3n) is 3.54. The number of carbonyl (C=O) groups is 1. The first-order valence-electron chi connectivity index (χ1n) is 7.21. The van der Waals surface area contributed by atoms with E-state index in [4.69, 9.17) is 4.42 Å². The Morgan fingerprint density at radius 2 is 2.27 bits per heavy atom. The Hall–Kier alpha value is -2.40. The molecule has 0 bridgehead atoms. The number of fused-ring (bicyclic) bond motifs is 1. The zero-order chi connectivity index (χ0) is 14.9. The molecule has 1 aliphatic rings. The number of thiophene rings is 1. The van der Waals surface area contributed by atoms with E-state index in [1.165, 1.54) is 6.08 Å². The fraction of sp³-hybridized carbons (Fsp3) is 0.176. The summed E-state index contributed by atoms with van der Waals surface area (Å²) in [5, 5.41) is 4.83. The van der Waals surface area contributed by atoms with Crippen LogP contribution in [0.2, 0.25) is 0 Å². The third kappa shape index (κ3) is 2.80. The van der Waals surface area contributed by atoms with Gasteiger partial charge in [0.2, 0.25) is 5.91 Å². The van der Waals surface area contributed by atoms with E-state index in [-0.39, 0.29) is 5.91 Å². The maximum absolute atomic E-state index is 11.9. The predicted octanol–water partition coefficient (Wildman–Crippen LogP) is 4.42. The van der Waals surface area contributed by atoms with Gasteiger partial charge >= 0.3 is 0 Å². The van der Waals surface area contributed by atoms with E-state index in [1.54, 1.807) is 17.4 Å². The number of rotatable bonds is 4. The Kier molecular flexibility index (Phi) is 3.27. The van der Waals surface area contributed by atoms with E-state index < -0.39 is 0 Å². The molecule has 110 valence electrons. The standard InChI is InChI=1S/C17H14N2O2S/c20-16(8-6-13-2-1-9-22-13)18-12-5-7-15-14(10-12)19-17(21-15)11-3-4-11/h1-2,5-11H,3-4H2,(H,18,20)/b8-6+. The Balaban J connectivity index is 1.49. The van der Waals surface area contributed by atoms with Gasteiger partial charge in [0.25, 0.3) is 0 Å². The van der Waals surface area contributed by atoms with Crippen LogP contribution in [0.3, 0.4) is 0 Å². The van der Waals surface area contributed by atoms with E-state index in [2.05, 4.69) is 10.3 Å². The minimum atomic E-state index is -0.154. The minimum absolute atomic E-state index is 0.154. The van der Waals surface area contributed by atoms with Crippen molar-refractivity contribution in [2.24, 2.45) is 0 Å². The molecule has 0 spiro atoms. The second kappa shape index (κ2) is 5.42. The number of nitrogens with one attached hydrogen (secondary N) is 1. The summed E-state index contributed by atoms with van der Waals surface area (Å²) in [5.74, 6) is 1.15. The van der Waals surface area contributed by atoms with Crippen molar-refractivity contribution in [2.75, 3.05) is 5.32 Å². The molecule has 3 aromatic rings. The molecule has 22 heavy (non-hydrogen) atoms. The number of amides is 1. The molecule has 1 aliphatic carbocycles. The van der Waals surface area contributed by atoms with Gasteiger partial charge in [-0.15, -0.1) is 11.3 Å². The van der Waals surface area contributed by atoms with Gasteiger partial charge in [0.15, 0.2) is 11.5 Å². The van der Waals surface area contributed by atoms with E-state index in [1.807, 2.05) is 35.7 Å². The van der Waals surface area contributed by atoms with Crippen molar-refractivity contribution in [3.63, 3.8) is 0 Å². The van der Waals surface area contributed by atoms with Gasteiger partial charge in [0.1, 0.15) is 5.52 Å². The second-order valence-electron chi connectivity index (χ2n) is 5.35. The molecule has 0 radical (unpaired) electrons. The molecule has 5 heteroatoms. The first kappa shape index (κ1) is 13.3. The van der Waals surface area contributed by atoms with Crippen LogP contribution in [0.5, 0.6) is 0 Å². The maximum Gasteiger partial charge on any atom is 0.248 e. The minimum Gasteiger partial charge on any atom is -0.440 e. The highest BCUT2D eigenvalue weighted by atomic mass is 32.1. The lowest BCUT2D eigenvalue weighted by molar-refractivity contribution is -0.111. The summed E-state index contributed by atoms with van der Waals surface area (Å²) in [5.41, 5.74) is 2.29. The molecule has 0 unspecified atom stereocenters. The van der Waals surface area contributed by atoms with Crippen LogP contribution in [-0.2, 0) is 4.79 Å². The van der Waals surface area contributed by atoms with E-state index in [0.717, 1.165) is 40.4 Å². The fourth-order valence-electron chi connectivity index (χ4n) is 2.26. The number of nitrogens with zero attached hydrogens (tertiary/aromatic N) is 1. The van der Waals surface area contributed by atoms with Gasteiger partial charge in [0, 0.05) is 22.6 Å². The lowest BCUT2D eigenvalue weighted by atomic mass is 10.3. The van der Waals surface area contributed by atoms with Crippen LogP contribution in [0.25, 0.3) is 17.2 Å². The Morgan fingerprint density at radius 1 is 1.36 bits per heavy atom. The number of hydrogen-bond acceptors (Lipinski definition) is 4. The molecule has 0 atom stereocenters. The smallest absolute Gasteiger partial charge is 0.248 e. The average Bonchev–Trinajstić information content (AvgIpc) is 3.08. The van der Waals surface area contributed by atoms with Crippen LogP contribution in [0.15, 0.2) is 46.2 Å². The molecule has 2 aromatic heterocycles. The summed E-state index contributed by atoms with van der Waals surface area (Å²) >= 11 is 1.60. The van der Waals surface area contributed by atoms with Crippen molar-refractivity contribution in [3.05, 3.63) is 52.6 Å². The lowest BCUT2D eigenvalue weighted by Gasteiger charge is -2.00. The molecular formula is C17H14N2O2S. The number of hydrogen-bond donors (Lipinski definition) is 1. The Bertz CT molecular complexity index is 845. The fourth-order valence-corrected chi connectivity index (χ4v) is 2.87. The average molecular weight is 310 g/mol. The van der Waals surface area contributed by atoms with Gasteiger partial charge in [-0.25, -0.2) is 4.98 Å². The normalized spacial score (nSPS) is 14.7. The quantitative estimate of drug-likeness (QED) is 0.726. The van der Waals surface area contributed by atoms with Gasteiger partial charge < -0.3 is 9.73 Å². The van der Waals surface area contributed by atoms with Gasteiger partial charge in [-0.05, 0) is 48.6 Å². The predicted molar refractivity (Wildman–Crippen MR) is 88.0 cm³/mol. The molecule has 2 heterocycles. The highest BCUT2D eigenvalue weighted by Crippen LogP contribution is 2.40. The van der Waals surface area contributed by atoms with Crippen LogP contribution in [0, 0.1) is 0 Å². The number of aromatic nitrogens is 1. The van der Waals surface area contributed by atoms with Crippen molar-refractivity contribution < 1.29 is 9.21 Å². The van der Waals surface area contributed by atoms with Crippen LogP contribution in [0.4, 0.5) is 5.69 Å². The van der Waals surface area contributed by atoms with E-state index >= 15 is 0 Å². The Labute approximate surface area is 131 Å². The highest BCUT2D eigenvalue weighted by molar-refractivity contribution is 7.10. The zero-order valence-electron chi connectivity index (χ0n) is 11.8. The van der Waals surface area contributed by atoms with Crippen molar-refractivity contribution in [3.8, 4) is 0 Å². The van der Waals surface area contributed by atoms with Gasteiger partial charge in [-0.3, -0.25) is 4.79 Å². The third-order valence-corrected chi connectivity index (χ3v) is 4.38. The van der Waals surface area contributed by atoms with Gasteiger partial charge in [-0.1, -0.05) is 6.07 Å².